The highest BCUT2D eigenvalue weighted by molar-refractivity contribution is 5.82. The average Bonchev–Trinajstić information content (AvgIpc) is 3.21. The van der Waals surface area contributed by atoms with Gasteiger partial charge in [-0.15, -0.1) is 0 Å². The molecule has 0 saturated carbocycles. The van der Waals surface area contributed by atoms with Gasteiger partial charge in [-0.2, -0.15) is 10.4 Å². The van der Waals surface area contributed by atoms with Crippen molar-refractivity contribution in [1.29, 1.82) is 5.26 Å². The highest BCUT2D eigenvalue weighted by Crippen LogP contribution is 2.33. The van der Waals surface area contributed by atoms with E-state index in [4.69, 9.17) is 5.26 Å². The fraction of sp³-hybridized carbons (Fsp3) is 0.200. The van der Waals surface area contributed by atoms with Crippen LogP contribution in [0.1, 0.15) is 39.4 Å². The number of nitrogens with zero attached hydrogens (tertiary/aromatic N) is 5. The van der Waals surface area contributed by atoms with E-state index in [1.807, 2.05) is 41.6 Å². The number of rotatable bonds is 3. The van der Waals surface area contributed by atoms with Gasteiger partial charge < -0.3 is 4.57 Å². The van der Waals surface area contributed by atoms with E-state index in [1.165, 1.54) is 12.1 Å². The Hall–Kier alpha value is -3.53. The molecule has 1 aliphatic carbocycles. The Morgan fingerprint density at radius 1 is 1.33 bits per heavy atom. The van der Waals surface area contributed by atoms with Crippen LogP contribution in [0.2, 0.25) is 0 Å². The first-order chi connectivity index (χ1) is 13.0. The Morgan fingerprint density at radius 3 is 2.85 bits per heavy atom. The Labute approximate surface area is 155 Å². The Bertz CT molecular complexity index is 1150. The molecule has 1 aromatic carbocycles. The molecule has 0 radical (unpaired) electrons. The minimum absolute atomic E-state index is 0.0268. The summed E-state index contributed by atoms with van der Waals surface area (Å²) in [6.07, 6.45) is 6.09. The molecule has 4 rings (SSSR count). The number of nitriles is 1. The maximum atomic E-state index is 14.1. The Balaban J connectivity index is 1.90. The first kappa shape index (κ1) is 16.9. The van der Waals surface area contributed by atoms with Crippen molar-refractivity contribution in [3.8, 4) is 17.5 Å². The molecule has 27 heavy (non-hydrogen) atoms. The van der Waals surface area contributed by atoms with Crippen LogP contribution >= 0.6 is 0 Å². The molecule has 0 saturated heterocycles. The molecular formula is C20H16FN5O. The number of carbonyl (C=O) groups excluding carboxylic acids is 1. The minimum atomic E-state index is -0.609. The van der Waals surface area contributed by atoms with Crippen LogP contribution in [-0.2, 0) is 13.5 Å². The third kappa shape index (κ3) is 2.66. The number of allylic oxidation sites excluding steroid dienone is 1. The predicted molar refractivity (Wildman–Crippen MR) is 98.2 cm³/mol. The molecule has 0 fully saturated rings. The minimum Gasteiger partial charge on any atom is -0.300 e. The van der Waals surface area contributed by atoms with Crippen molar-refractivity contribution >= 4 is 18.1 Å². The smallest absolute Gasteiger partial charge is 0.170 e. The summed E-state index contributed by atoms with van der Waals surface area (Å²) in [5.41, 5.74) is 4.64. The van der Waals surface area contributed by atoms with Crippen molar-refractivity contribution in [2.24, 2.45) is 7.05 Å². The van der Waals surface area contributed by atoms with Crippen LogP contribution in [0.3, 0.4) is 0 Å². The van der Waals surface area contributed by atoms with Gasteiger partial charge in [0.2, 0.25) is 0 Å². The molecule has 0 N–H and O–H groups in total. The summed E-state index contributed by atoms with van der Waals surface area (Å²) < 4.78 is 17.9. The van der Waals surface area contributed by atoms with E-state index in [0.717, 1.165) is 29.8 Å². The predicted octanol–water partition coefficient (Wildman–Crippen LogP) is 3.36. The van der Waals surface area contributed by atoms with Gasteiger partial charge in [-0.05, 0) is 44.0 Å². The van der Waals surface area contributed by atoms with E-state index in [0.29, 0.717) is 29.1 Å². The van der Waals surface area contributed by atoms with Crippen molar-refractivity contribution in [1.82, 2.24) is 19.3 Å². The van der Waals surface area contributed by atoms with Gasteiger partial charge in [0.1, 0.15) is 23.4 Å². The second-order valence-corrected chi connectivity index (χ2v) is 6.47. The van der Waals surface area contributed by atoms with Crippen molar-refractivity contribution in [3.05, 3.63) is 58.4 Å². The molecule has 0 aliphatic heterocycles. The summed E-state index contributed by atoms with van der Waals surface area (Å²) in [5, 5.41) is 13.2. The molecule has 0 bridgehead atoms. The number of hydrogen-bond donors (Lipinski definition) is 0. The van der Waals surface area contributed by atoms with Crippen LogP contribution in [0.15, 0.2) is 24.4 Å². The molecular weight excluding hydrogens is 345 g/mol. The molecule has 2 aromatic heterocycles. The third-order valence-electron chi connectivity index (χ3n) is 4.92. The van der Waals surface area contributed by atoms with Crippen molar-refractivity contribution in [2.45, 2.75) is 19.8 Å². The highest BCUT2D eigenvalue weighted by Gasteiger charge is 2.22. The second-order valence-electron chi connectivity index (χ2n) is 6.47. The molecule has 2 heterocycles. The van der Waals surface area contributed by atoms with Crippen molar-refractivity contribution < 1.29 is 9.18 Å². The van der Waals surface area contributed by atoms with E-state index in [2.05, 4.69) is 10.1 Å². The summed E-state index contributed by atoms with van der Waals surface area (Å²) in [4.78, 5) is 15.9. The zero-order valence-corrected chi connectivity index (χ0v) is 14.9. The molecule has 0 spiro atoms. The summed E-state index contributed by atoms with van der Waals surface area (Å²) in [6, 6.07) is 6.17. The maximum absolute atomic E-state index is 14.1. The zero-order valence-electron chi connectivity index (χ0n) is 14.9. The zero-order chi connectivity index (χ0) is 19.1. The molecule has 0 unspecified atom stereocenters. The lowest BCUT2D eigenvalue weighted by Gasteiger charge is -2.19. The lowest BCUT2D eigenvalue weighted by atomic mass is 10.0. The number of carbonyl (C=O) groups is 1. The van der Waals surface area contributed by atoms with E-state index >= 15 is 0 Å². The van der Waals surface area contributed by atoms with Crippen LogP contribution in [0.25, 0.3) is 23.2 Å². The molecule has 7 heteroatoms. The van der Waals surface area contributed by atoms with Crippen LogP contribution in [0.4, 0.5) is 4.39 Å². The Kier molecular flexibility index (Phi) is 3.96. The number of benzene rings is 1. The van der Waals surface area contributed by atoms with Crippen LogP contribution in [0.5, 0.6) is 0 Å². The first-order valence-electron chi connectivity index (χ1n) is 8.50. The molecule has 134 valence electrons. The summed E-state index contributed by atoms with van der Waals surface area (Å²) >= 11 is 0. The van der Waals surface area contributed by atoms with Gasteiger partial charge >= 0.3 is 0 Å². The first-order valence-corrected chi connectivity index (χ1v) is 8.50. The lowest BCUT2D eigenvalue weighted by molar-refractivity contribution is 0.111. The molecule has 3 aromatic rings. The van der Waals surface area contributed by atoms with E-state index in [1.54, 1.807) is 6.07 Å². The van der Waals surface area contributed by atoms with Gasteiger partial charge in [-0.3, -0.25) is 9.48 Å². The van der Waals surface area contributed by atoms with E-state index in [-0.39, 0.29) is 5.56 Å². The largest absolute Gasteiger partial charge is 0.300 e. The monoisotopic (exact) mass is 361 g/mol. The van der Waals surface area contributed by atoms with Gasteiger partial charge in [0.15, 0.2) is 6.29 Å². The quantitative estimate of drug-likeness (QED) is 0.670. The molecule has 1 aliphatic rings. The number of hydrogen-bond acceptors (Lipinski definition) is 4. The molecule has 0 amide bonds. The van der Waals surface area contributed by atoms with Crippen molar-refractivity contribution in [2.75, 3.05) is 0 Å². The topological polar surface area (TPSA) is 76.5 Å². The van der Waals surface area contributed by atoms with Gasteiger partial charge in [0.25, 0.3) is 0 Å². The molecule has 6 nitrogen and oxygen atoms in total. The van der Waals surface area contributed by atoms with Crippen LogP contribution < -0.4 is 0 Å². The number of fused-ring (bicyclic) bond motifs is 1. The van der Waals surface area contributed by atoms with E-state index in [9.17, 15) is 9.18 Å². The standard InChI is InChI=1S/C20H16FN5O/c1-12-18(11-27)24-20(13-3-4-14(9-22)17(21)8-13)26(12)16-5-6-19-15(7-16)10-23-25(19)2/h3-4,7-8,10-11H,5-6H2,1-2H3. The average molecular weight is 361 g/mol. The maximum Gasteiger partial charge on any atom is 0.170 e. The van der Waals surface area contributed by atoms with Gasteiger partial charge in [0.05, 0.1) is 17.5 Å². The fourth-order valence-electron chi connectivity index (χ4n) is 3.50. The fourth-order valence-corrected chi connectivity index (χ4v) is 3.50. The van der Waals surface area contributed by atoms with Gasteiger partial charge in [-0.1, -0.05) is 0 Å². The Morgan fingerprint density at radius 2 is 2.15 bits per heavy atom. The number of halogens is 1. The summed E-state index contributed by atoms with van der Waals surface area (Å²) in [6.45, 7) is 1.82. The number of aldehydes is 1. The van der Waals surface area contributed by atoms with Crippen LogP contribution in [-0.4, -0.2) is 25.6 Å². The SMILES string of the molecule is Cc1c(C=O)nc(-c2ccc(C#N)c(F)c2)n1C1=Cc2cnn(C)c2CC1. The number of aryl methyl sites for hydroxylation is 1. The lowest BCUT2D eigenvalue weighted by Crippen LogP contribution is -2.09. The van der Waals surface area contributed by atoms with Gasteiger partial charge in [0, 0.05) is 29.6 Å². The van der Waals surface area contributed by atoms with E-state index < -0.39 is 5.82 Å². The molecule has 0 atom stereocenters. The van der Waals surface area contributed by atoms with Crippen LogP contribution in [0, 0.1) is 24.1 Å². The second kappa shape index (κ2) is 6.32. The number of imidazole rings is 1. The number of aromatic nitrogens is 4. The van der Waals surface area contributed by atoms with Crippen molar-refractivity contribution in [3.63, 3.8) is 0 Å². The highest BCUT2D eigenvalue weighted by atomic mass is 19.1. The third-order valence-corrected chi connectivity index (χ3v) is 4.92. The normalized spacial score (nSPS) is 13.0. The summed E-state index contributed by atoms with van der Waals surface area (Å²) in [5.74, 6) is -0.126. The van der Waals surface area contributed by atoms with Gasteiger partial charge in [-0.25, -0.2) is 9.37 Å². The summed E-state index contributed by atoms with van der Waals surface area (Å²) in [7, 11) is 1.91.